The Kier molecular flexibility index (Phi) is 3.06. The molecule has 0 atom stereocenters. The van der Waals surface area contributed by atoms with Gasteiger partial charge in [0.05, 0.1) is 5.56 Å². The van der Waals surface area contributed by atoms with Crippen LogP contribution in [-0.4, -0.2) is 16.1 Å². The van der Waals surface area contributed by atoms with Crippen LogP contribution < -0.4 is 0 Å². The first-order chi connectivity index (χ1) is 7.74. The van der Waals surface area contributed by atoms with Crippen molar-refractivity contribution in [3.8, 4) is 11.3 Å². The van der Waals surface area contributed by atoms with Gasteiger partial charge in [-0.1, -0.05) is 23.7 Å². The highest BCUT2D eigenvalue weighted by Gasteiger charge is 2.09. The Hall–Kier alpha value is -1.61. The Morgan fingerprint density at radius 2 is 2.06 bits per heavy atom. The lowest BCUT2D eigenvalue weighted by Gasteiger charge is -1.98. The first kappa shape index (κ1) is 10.9. The maximum Gasteiger partial charge on any atom is 0.153 e. The van der Waals surface area contributed by atoms with Gasteiger partial charge in [0.2, 0.25) is 0 Å². The fraction of sp³-hybridized carbons (Fsp3) is 0.167. The third-order valence-electron chi connectivity index (χ3n) is 2.36. The number of hydrogen-bond donors (Lipinski definition) is 0. The minimum Gasteiger partial charge on any atom is -0.298 e. The molecule has 0 bridgehead atoms. The summed E-state index contributed by atoms with van der Waals surface area (Å²) in [5, 5.41) is 5.01. The quantitative estimate of drug-likeness (QED) is 0.766. The first-order valence-electron chi connectivity index (χ1n) is 5.03. The van der Waals surface area contributed by atoms with E-state index in [9.17, 15) is 4.79 Å². The number of hydrogen-bond acceptors (Lipinski definition) is 2. The Balaban J connectivity index is 2.49. The van der Waals surface area contributed by atoms with Gasteiger partial charge in [-0.3, -0.25) is 9.48 Å². The monoisotopic (exact) mass is 234 g/mol. The summed E-state index contributed by atoms with van der Waals surface area (Å²) in [4.78, 5) is 10.9. The largest absolute Gasteiger partial charge is 0.298 e. The van der Waals surface area contributed by atoms with Crippen LogP contribution in [-0.2, 0) is 6.54 Å². The third-order valence-corrected chi connectivity index (χ3v) is 2.61. The SMILES string of the molecule is CCn1cc(C=O)c(-c2ccc(Cl)cc2)n1. The molecule has 3 nitrogen and oxygen atoms in total. The highest BCUT2D eigenvalue weighted by molar-refractivity contribution is 6.30. The van der Waals surface area contributed by atoms with Crippen molar-refractivity contribution in [3.05, 3.63) is 41.0 Å². The molecule has 1 aromatic heterocycles. The van der Waals surface area contributed by atoms with Crippen LogP contribution in [0.4, 0.5) is 0 Å². The van der Waals surface area contributed by atoms with Crippen molar-refractivity contribution in [1.82, 2.24) is 9.78 Å². The van der Waals surface area contributed by atoms with Gasteiger partial charge < -0.3 is 0 Å². The Morgan fingerprint density at radius 3 is 2.62 bits per heavy atom. The second kappa shape index (κ2) is 4.49. The standard InChI is InChI=1S/C12H11ClN2O/c1-2-15-7-10(8-16)12(14-15)9-3-5-11(13)6-4-9/h3-8H,2H2,1H3. The van der Waals surface area contributed by atoms with E-state index in [2.05, 4.69) is 5.10 Å². The molecule has 0 aliphatic rings. The molecule has 0 saturated heterocycles. The molecule has 0 aliphatic heterocycles. The topological polar surface area (TPSA) is 34.9 Å². The van der Waals surface area contributed by atoms with Crippen LogP contribution in [0, 0.1) is 0 Å². The van der Waals surface area contributed by atoms with Gasteiger partial charge in [0, 0.05) is 23.3 Å². The molecule has 0 N–H and O–H groups in total. The van der Waals surface area contributed by atoms with Crippen LogP contribution in [0.15, 0.2) is 30.5 Å². The van der Waals surface area contributed by atoms with Crippen molar-refractivity contribution in [2.45, 2.75) is 13.5 Å². The molecule has 16 heavy (non-hydrogen) atoms. The molecule has 4 heteroatoms. The van der Waals surface area contributed by atoms with Crippen molar-refractivity contribution < 1.29 is 4.79 Å². The van der Waals surface area contributed by atoms with E-state index in [-0.39, 0.29) is 0 Å². The lowest BCUT2D eigenvalue weighted by molar-refractivity contribution is 0.112. The van der Waals surface area contributed by atoms with Gasteiger partial charge in [-0.15, -0.1) is 0 Å². The van der Waals surface area contributed by atoms with Crippen LogP contribution in [0.5, 0.6) is 0 Å². The van der Waals surface area contributed by atoms with Gasteiger partial charge in [-0.05, 0) is 19.1 Å². The van der Waals surface area contributed by atoms with Crippen LogP contribution in [0.25, 0.3) is 11.3 Å². The zero-order valence-electron chi connectivity index (χ0n) is 8.85. The third kappa shape index (κ3) is 1.99. The molecule has 0 unspecified atom stereocenters. The Labute approximate surface area is 98.7 Å². The summed E-state index contributed by atoms with van der Waals surface area (Å²) in [5.74, 6) is 0. The summed E-state index contributed by atoms with van der Waals surface area (Å²) >= 11 is 5.81. The average Bonchev–Trinajstić information content (AvgIpc) is 2.73. The summed E-state index contributed by atoms with van der Waals surface area (Å²) in [7, 11) is 0. The number of aryl methyl sites for hydroxylation is 1. The summed E-state index contributed by atoms with van der Waals surface area (Å²) in [6.07, 6.45) is 2.57. The number of aromatic nitrogens is 2. The predicted molar refractivity (Wildman–Crippen MR) is 63.7 cm³/mol. The number of halogens is 1. The molecule has 1 aromatic carbocycles. The lowest BCUT2D eigenvalue weighted by atomic mass is 10.1. The number of carbonyl (C=O) groups is 1. The maximum absolute atomic E-state index is 10.9. The van der Waals surface area contributed by atoms with E-state index in [0.29, 0.717) is 16.3 Å². The molecule has 2 aromatic rings. The van der Waals surface area contributed by atoms with Gasteiger partial charge in [-0.2, -0.15) is 5.10 Å². The zero-order valence-corrected chi connectivity index (χ0v) is 9.61. The minimum atomic E-state index is 0.601. The van der Waals surface area contributed by atoms with Crippen LogP contribution in [0.1, 0.15) is 17.3 Å². The van der Waals surface area contributed by atoms with Crippen molar-refractivity contribution in [2.75, 3.05) is 0 Å². The lowest BCUT2D eigenvalue weighted by Crippen LogP contribution is -1.93. The second-order valence-corrected chi connectivity index (χ2v) is 3.85. The van der Waals surface area contributed by atoms with Crippen molar-refractivity contribution in [3.63, 3.8) is 0 Å². The highest BCUT2D eigenvalue weighted by atomic mass is 35.5. The normalized spacial score (nSPS) is 10.4. The van der Waals surface area contributed by atoms with E-state index in [1.54, 1.807) is 23.0 Å². The van der Waals surface area contributed by atoms with Gasteiger partial charge in [0.15, 0.2) is 6.29 Å². The van der Waals surface area contributed by atoms with Crippen molar-refractivity contribution >= 4 is 17.9 Å². The minimum absolute atomic E-state index is 0.601. The number of benzene rings is 1. The summed E-state index contributed by atoms with van der Waals surface area (Å²) < 4.78 is 1.74. The number of carbonyl (C=O) groups excluding carboxylic acids is 1. The Morgan fingerprint density at radius 1 is 1.38 bits per heavy atom. The van der Waals surface area contributed by atoms with E-state index in [0.717, 1.165) is 18.4 Å². The smallest absolute Gasteiger partial charge is 0.153 e. The van der Waals surface area contributed by atoms with E-state index in [4.69, 9.17) is 11.6 Å². The first-order valence-corrected chi connectivity index (χ1v) is 5.41. The Bertz CT molecular complexity index is 502. The number of nitrogens with zero attached hydrogens (tertiary/aromatic N) is 2. The van der Waals surface area contributed by atoms with E-state index < -0.39 is 0 Å². The molecule has 0 amide bonds. The van der Waals surface area contributed by atoms with Gasteiger partial charge in [0.1, 0.15) is 5.69 Å². The molecule has 2 rings (SSSR count). The molecule has 0 saturated carbocycles. The van der Waals surface area contributed by atoms with Gasteiger partial charge in [-0.25, -0.2) is 0 Å². The molecule has 1 heterocycles. The van der Waals surface area contributed by atoms with Crippen LogP contribution in [0.3, 0.4) is 0 Å². The fourth-order valence-electron chi connectivity index (χ4n) is 1.52. The summed E-state index contributed by atoms with van der Waals surface area (Å²) in [6.45, 7) is 2.72. The predicted octanol–water partition coefficient (Wildman–Crippen LogP) is 3.04. The van der Waals surface area contributed by atoms with E-state index >= 15 is 0 Å². The zero-order chi connectivity index (χ0) is 11.5. The van der Waals surface area contributed by atoms with Crippen LogP contribution in [0.2, 0.25) is 5.02 Å². The maximum atomic E-state index is 10.9. The molecule has 0 spiro atoms. The fourth-order valence-corrected chi connectivity index (χ4v) is 1.64. The highest BCUT2D eigenvalue weighted by Crippen LogP contribution is 2.22. The van der Waals surface area contributed by atoms with Crippen molar-refractivity contribution in [1.29, 1.82) is 0 Å². The molecule has 0 fully saturated rings. The molecular weight excluding hydrogens is 224 g/mol. The summed E-state index contributed by atoms with van der Waals surface area (Å²) in [5.41, 5.74) is 2.20. The number of rotatable bonds is 3. The van der Waals surface area contributed by atoms with Crippen LogP contribution >= 0.6 is 11.6 Å². The molecular formula is C12H11ClN2O. The van der Waals surface area contributed by atoms with E-state index in [1.165, 1.54) is 0 Å². The number of aldehydes is 1. The molecule has 82 valence electrons. The molecule has 0 aliphatic carbocycles. The van der Waals surface area contributed by atoms with Gasteiger partial charge >= 0.3 is 0 Å². The van der Waals surface area contributed by atoms with E-state index in [1.807, 2.05) is 19.1 Å². The summed E-state index contributed by atoms with van der Waals surface area (Å²) in [6, 6.07) is 7.29. The van der Waals surface area contributed by atoms with Crippen molar-refractivity contribution in [2.24, 2.45) is 0 Å². The van der Waals surface area contributed by atoms with Gasteiger partial charge in [0.25, 0.3) is 0 Å². The molecule has 0 radical (unpaired) electrons. The second-order valence-electron chi connectivity index (χ2n) is 3.41. The average molecular weight is 235 g/mol.